The molecule has 0 saturated heterocycles. The van der Waals surface area contributed by atoms with Gasteiger partial charge in [-0.25, -0.2) is 0 Å². The van der Waals surface area contributed by atoms with E-state index in [2.05, 4.69) is 0 Å². The maximum absolute atomic E-state index is 11.0. The monoisotopic (exact) mass is 191 g/mol. The number of rotatable bonds is 4. The first-order chi connectivity index (χ1) is 5.49. The van der Waals surface area contributed by atoms with Crippen LogP contribution in [0.3, 0.4) is 0 Å². The summed E-state index contributed by atoms with van der Waals surface area (Å²) in [5.74, 6) is -0.250. The number of hydrogen-bond donors (Lipinski definition) is 0. The molecule has 0 radical (unpaired) electrons. The Morgan fingerprint density at radius 2 is 1.92 bits per heavy atom. The molecule has 0 aromatic heterocycles. The van der Waals surface area contributed by atoms with Crippen LogP contribution in [0.5, 0.6) is 0 Å². The minimum absolute atomic E-state index is 0.0312. The summed E-state index contributed by atoms with van der Waals surface area (Å²) in [5, 5.41) is 0. The molecule has 0 aromatic carbocycles. The predicted octanol–water partition coefficient (Wildman–Crippen LogP) is 1.05. The smallest absolute Gasteiger partial charge is 0.220 e. The summed E-state index contributed by atoms with van der Waals surface area (Å²) in [5.41, 5.74) is 0. The molecule has 4 heteroatoms. The van der Waals surface area contributed by atoms with Gasteiger partial charge in [0.05, 0.1) is 12.4 Å². The fourth-order valence-corrected chi connectivity index (χ4v) is 0.974. The Morgan fingerprint density at radius 3 is 2.17 bits per heavy atom. The Balaban J connectivity index is 4.14. The fraction of sp³-hybridized carbons (Fsp3) is 0.750. The molecule has 0 heterocycles. The van der Waals surface area contributed by atoms with Gasteiger partial charge in [-0.2, -0.15) is 0 Å². The number of halogens is 1. The van der Waals surface area contributed by atoms with Crippen molar-refractivity contribution >= 4 is 23.3 Å². The molecule has 3 nitrogen and oxygen atoms in total. The van der Waals surface area contributed by atoms with Crippen LogP contribution in [0.15, 0.2) is 0 Å². The molecular formula is C8H14ClNO2. The summed E-state index contributed by atoms with van der Waals surface area (Å²) in [4.78, 5) is 23.4. The van der Waals surface area contributed by atoms with Gasteiger partial charge in [-0.15, -0.1) is 11.6 Å². The van der Waals surface area contributed by atoms with Gasteiger partial charge in [0.2, 0.25) is 5.91 Å². The highest BCUT2D eigenvalue weighted by atomic mass is 35.5. The van der Waals surface area contributed by atoms with Crippen molar-refractivity contribution in [1.82, 2.24) is 4.90 Å². The molecule has 0 bridgehead atoms. The van der Waals surface area contributed by atoms with Crippen molar-refractivity contribution in [2.45, 2.75) is 26.8 Å². The van der Waals surface area contributed by atoms with Gasteiger partial charge in [0.15, 0.2) is 5.78 Å². The van der Waals surface area contributed by atoms with Crippen LogP contribution in [0, 0.1) is 0 Å². The Bertz CT molecular complexity index is 180. The van der Waals surface area contributed by atoms with E-state index in [1.807, 2.05) is 13.8 Å². The van der Waals surface area contributed by atoms with E-state index in [0.29, 0.717) is 0 Å². The normalized spacial score (nSPS) is 10.1. The topological polar surface area (TPSA) is 37.4 Å². The summed E-state index contributed by atoms with van der Waals surface area (Å²) < 4.78 is 0. The first-order valence-corrected chi connectivity index (χ1v) is 4.37. The van der Waals surface area contributed by atoms with Gasteiger partial charge in [-0.05, 0) is 13.8 Å². The van der Waals surface area contributed by atoms with E-state index in [4.69, 9.17) is 11.6 Å². The molecule has 0 aliphatic carbocycles. The van der Waals surface area contributed by atoms with Crippen molar-refractivity contribution in [3.8, 4) is 0 Å². The van der Waals surface area contributed by atoms with E-state index in [1.54, 1.807) is 0 Å². The lowest BCUT2D eigenvalue weighted by Gasteiger charge is -2.23. The molecule has 1 amide bonds. The third kappa shape index (κ3) is 3.72. The van der Waals surface area contributed by atoms with Crippen LogP contribution < -0.4 is 0 Å². The average molecular weight is 192 g/mol. The molecule has 0 aliphatic heterocycles. The Labute approximate surface area is 77.7 Å². The highest BCUT2D eigenvalue weighted by Crippen LogP contribution is 1.98. The first-order valence-electron chi connectivity index (χ1n) is 3.84. The third-order valence-electron chi connectivity index (χ3n) is 1.52. The van der Waals surface area contributed by atoms with E-state index >= 15 is 0 Å². The highest BCUT2D eigenvalue weighted by molar-refractivity contribution is 6.28. The molecule has 0 atom stereocenters. The van der Waals surface area contributed by atoms with Gasteiger partial charge >= 0.3 is 0 Å². The lowest BCUT2D eigenvalue weighted by Crippen LogP contribution is -2.39. The van der Waals surface area contributed by atoms with Crippen molar-refractivity contribution in [2.75, 3.05) is 12.4 Å². The molecule has 0 rings (SSSR count). The number of Topliss-reactive ketones (excluding diaryl/α,β-unsaturated/α-hetero) is 1. The van der Waals surface area contributed by atoms with Crippen LogP contribution in [0.4, 0.5) is 0 Å². The number of carbonyl (C=O) groups excluding carboxylic acids is 2. The first kappa shape index (κ1) is 11.4. The van der Waals surface area contributed by atoms with Crippen molar-refractivity contribution < 1.29 is 9.59 Å². The lowest BCUT2D eigenvalue weighted by molar-refractivity contribution is -0.134. The Hall–Kier alpha value is -0.570. The zero-order valence-corrected chi connectivity index (χ0v) is 8.39. The van der Waals surface area contributed by atoms with Crippen LogP contribution in [0.2, 0.25) is 0 Å². The number of amides is 1. The third-order valence-corrected chi connectivity index (χ3v) is 1.82. The average Bonchev–Trinajstić information content (AvgIpc) is 1.98. The minimum atomic E-state index is -0.124. The van der Waals surface area contributed by atoms with Crippen molar-refractivity contribution in [1.29, 1.82) is 0 Å². The maximum Gasteiger partial charge on any atom is 0.220 e. The van der Waals surface area contributed by atoms with E-state index in [1.165, 1.54) is 11.8 Å². The molecule has 12 heavy (non-hydrogen) atoms. The summed E-state index contributed by atoms with van der Waals surface area (Å²) in [7, 11) is 0. The molecule has 0 spiro atoms. The van der Waals surface area contributed by atoms with Crippen molar-refractivity contribution in [2.24, 2.45) is 0 Å². The summed E-state index contributed by atoms with van der Waals surface area (Å²) in [6, 6.07) is 0.0506. The van der Waals surface area contributed by atoms with Crippen LogP contribution in [-0.2, 0) is 9.59 Å². The van der Waals surface area contributed by atoms with E-state index < -0.39 is 0 Å². The second kappa shape index (κ2) is 5.14. The summed E-state index contributed by atoms with van der Waals surface area (Å²) in [6.07, 6.45) is 0. The van der Waals surface area contributed by atoms with E-state index in [-0.39, 0.29) is 30.2 Å². The van der Waals surface area contributed by atoms with Gasteiger partial charge < -0.3 is 4.90 Å². The number of carbonyl (C=O) groups is 2. The van der Waals surface area contributed by atoms with Crippen molar-refractivity contribution in [3.05, 3.63) is 0 Å². The standard InChI is InChI=1S/C8H14ClNO2/c1-6(2)10(7(3)11)5-8(12)4-9/h6H,4-5H2,1-3H3. The van der Waals surface area contributed by atoms with Crippen LogP contribution in [0.25, 0.3) is 0 Å². The zero-order chi connectivity index (χ0) is 9.72. The van der Waals surface area contributed by atoms with E-state index in [0.717, 1.165) is 0 Å². The van der Waals surface area contributed by atoms with Gasteiger partial charge in [-0.3, -0.25) is 9.59 Å². The largest absolute Gasteiger partial charge is 0.333 e. The second-order valence-corrected chi connectivity index (χ2v) is 3.18. The van der Waals surface area contributed by atoms with Gasteiger partial charge in [-0.1, -0.05) is 0 Å². The summed E-state index contributed by atoms with van der Waals surface area (Å²) >= 11 is 5.32. The van der Waals surface area contributed by atoms with Gasteiger partial charge in [0.1, 0.15) is 0 Å². The molecule has 0 N–H and O–H groups in total. The van der Waals surface area contributed by atoms with Crippen LogP contribution in [0.1, 0.15) is 20.8 Å². The van der Waals surface area contributed by atoms with Crippen LogP contribution in [-0.4, -0.2) is 35.1 Å². The quantitative estimate of drug-likeness (QED) is 0.623. The molecular weight excluding hydrogens is 178 g/mol. The number of alkyl halides is 1. The van der Waals surface area contributed by atoms with Gasteiger partial charge in [0.25, 0.3) is 0 Å². The molecule has 0 fully saturated rings. The van der Waals surface area contributed by atoms with Crippen molar-refractivity contribution in [3.63, 3.8) is 0 Å². The predicted molar refractivity (Wildman–Crippen MR) is 48.3 cm³/mol. The number of hydrogen-bond acceptors (Lipinski definition) is 2. The molecule has 0 saturated carbocycles. The zero-order valence-electron chi connectivity index (χ0n) is 7.63. The second-order valence-electron chi connectivity index (χ2n) is 2.91. The molecule has 0 unspecified atom stereocenters. The van der Waals surface area contributed by atoms with Crippen LogP contribution >= 0.6 is 11.6 Å². The fourth-order valence-electron chi connectivity index (χ4n) is 0.890. The van der Waals surface area contributed by atoms with E-state index in [9.17, 15) is 9.59 Å². The summed E-state index contributed by atoms with van der Waals surface area (Å²) in [6.45, 7) is 5.30. The molecule has 0 aromatic rings. The Morgan fingerprint density at radius 1 is 1.42 bits per heavy atom. The number of nitrogens with zero attached hydrogens (tertiary/aromatic N) is 1. The number of ketones is 1. The SMILES string of the molecule is CC(=O)N(CC(=O)CCl)C(C)C. The maximum atomic E-state index is 11.0. The lowest BCUT2D eigenvalue weighted by atomic mass is 10.3. The van der Waals surface area contributed by atoms with Gasteiger partial charge in [0, 0.05) is 13.0 Å². The molecule has 0 aliphatic rings. The Kier molecular flexibility index (Phi) is 4.90. The minimum Gasteiger partial charge on any atom is -0.333 e. The molecule has 70 valence electrons. The highest BCUT2D eigenvalue weighted by Gasteiger charge is 2.15.